The summed E-state index contributed by atoms with van der Waals surface area (Å²) in [6, 6.07) is 13.6. The molecule has 1 aliphatic heterocycles. The molecule has 0 bridgehead atoms. The fraction of sp³-hybridized carbons (Fsp3) is 0.316. The van der Waals surface area contributed by atoms with Gasteiger partial charge in [-0.15, -0.1) is 0 Å². The van der Waals surface area contributed by atoms with E-state index in [-0.39, 0.29) is 11.7 Å². The van der Waals surface area contributed by atoms with Crippen LogP contribution in [0.4, 0.5) is 4.39 Å². The Balaban J connectivity index is 1.61. The van der Waals surface area contributed by atoms with Crippen LogP contribution in [0.1, 0.15) is 22.3 Å². The highest BCUT2D eigenvalue weighted by atomic mass is 35.5. The number of rotatable bonds is 3. The third-order valence-corrected chi connectivity index (χ3v) is 4.69. The van der Waals surface area contributed by atoms with Crippen molar-refractivity contribution in [2.45, 2.75) is 13.0 Å². The fourth-order valence-electron chi connectivity index (χ4n) is 2.97. The van der Waals surface area contributed by atoms with Gasteiger partial charge in [0.25, 0.3) is 5.91 Å². The molecule has 1 amide bonds. The number of halogens is 2. The van der Waals surface area contributed by atoms with E-state index in [1.807, 2.05) is 29.2 Å². The summed E-state index contributed by atoms with van der Waals surface area (Å²) in [6.07, 6.45) is 0.914. The number of hydrogen-bond donors (Lipinski definition) is 0. The lowest BCUT2D eigenvalue weighted by Gasteiger charge is -2.22. The number of amides is 1. The summed E-state index contributed by atoms with van der Waals surface area (Å²) in [6.45, 7) is 3.91. The second-order valence-electron chi connectivity index (χ2n) is 6.02. The van der Waals surface area contributed by atoms with E-state index in [2.05, 4.69) is 4.90 Å². The Kier molecular flexibility index (Phi) is 5.48. The molecule has 1 aliphatic rings. The van der Waals surface area contributed by atoms with Gasteiger partial charge in [0.2, 0.25) is 0 Å². The number of carbonyl (C=O) groups is 1. The van der Waals surface area contributed by atoms with Gasteiger partial charge in [-0.05, 0) is 42.3 Å². The first-order valence-corrected chi connectivity index (χ1v) is 8.52. The zero-order valence-corrected chi connectivity index (χ0v) is 14.2. The normalized spacial score (nSPS) is 16.0. The minimum absolute atomic E-state index is 0.0328. The van der Waals surface area contributed by atoms with Crippen LogP contribution in [0.5, 0.6) is 0 Å². The van der Waals surface area contributed by atoms with E-state index < -0.39 is 0 Å². The van der Waals surface area contributed by atoms with Gasteiger partial charge < -0.3 is 4.90 Å². The topological polar surface area (TPSA) is 23.6 Å². The largest absolute Gasteiger partial charge is 0.337 e. The van der Waals surface area contributed by atoms with Crippen LogP contribution >= 0.6 is 11.6 Å². The second-order valence-corrected chi connectivity index (χ2v) is 6.43. The quantitative estimate of drug-likeness (QED) is 0.843. The first kappa shape index (κ1) is 16.9. The molecule has 0 radical (unpaired) electrons. The predicted molar refractivity (Wildman–Crippen MR) is 93.6 cm³/mol. The Morgan fingerprint density at radius 1 is 1.00 bits per heavy atom. The van der Waals surface area contributed by atoms with Crippen molar-refractivity contribution in [2.75, 3.05) is 26.2 Å². The van der Waals surface area contributed by atoms with Gasteiger partial charge in [-0.1, -0.05) is 29.8 Å². The summed E-state index contributed by atoms with van der Waals surface area (Å²) in [5.41, 5.74) is 1.65. The van der Waals surface area contributed by atoms with Gasteiger partial charge in [0.15, 0.2) is 0 Å². The maximum atomic E-state index is 13.0. The third-order valence-electron chi connectivity index (χ3n) is 4.32. The van der Waals surface area contributed by atoms with Crippen LogP contribution in [0, 0.1) is 5.82 Å². The maximum absolute atomic E-state index is 13.0. The SMILES string of the molecule is O=C(c1ccc(F)cc1)N1CCCN(Cc2ccccc2Cl)CC1. The molecular formula is C19H20ClFN2O. The minimum Gasteiger partial charge on any atom is -0.337 e. The first-order chi connectivity index (χ1) is 11.6. The molecule has 24 heavy (non-hydrogen) atoms. The van der Waals surface area contributed by atoms with Gasteiger partial charge in [-0.25, -0.2) is 4.39 Å². The van der Waals surface area contributed by atoms with Gasteiger partial charge in [0.05, 0.1) is 0 Å². The highest BCUT2D eigenvalue weighted by Crippen LogP contribution is 2.18. The Morgan fingerprint density at radius 3 is 2.50 bits per heavy atom. The molecule has 1 heterocycles. The van der Waals surface area contributed by atoms with Crippen LogP contribution in [0.2, 0.25) is 5.02 Å². The van der Waals surface area contributed by atoms with Crippen LogP contribution in [0.15, 0.2) is 48.5 Å². The molecule has 0 aromatic heterocycles. The van der Waals surface area contributed by atoms with Crippen molar-refractivity contribution >= 4 is 17.5 Å². The monoisotopic (exact) mass is 346 g/mol. The van der Waals surface area contributed by atoms with Crippen molar-refractivity contribution in [1.82, 2.24) is 9.80 Å². The van der Waals surface area contributed by atoms with Gasteiger partial charge in [0, 0.05) is 43.3 Å². The molecule has 0 atom stereocenters. The van der Waals surface area contributed by atoms with Crippen molar-refractivity contribution in [3.05, 3.63) is 70.5 Å². The average molecular weight is 347 g/mol. The van der Waals surface area contributed by atoms with Gasteiger partial charge in [0.1, 0.15) is 5.82 Å². The molecule has 5 heteroatoms. The lowest BCUT2D eigenvalue weighted by molar-refractivity contribution is 0.0761. The molecule has 3 nitrogen and oxygen atoms in total. The summed E-state index contributed by atoms with van der Waals surface area (Å²) in [5.74, 6) is -0.358. The van der Waals surface area contributed by atoms with Gasteiger partial charge in [-0.3, -0.25) is 9.69 Å². The van der Waals surface area contributed by atoms with E-state index in [9.17, 15) is 9.18 Å². The van der Waals surface area contributed by atoms with E-state index >= 15 is 0 Å². The molecule has 0 spiro atoms. The molecule has 0 aliphatic carbocycles. The predicted octanol–water partition coefficient (Wildman–Crippen LogP) is 3.83. The number of benzene rings is 2. The summed E-state index contributed by atoms with van der Waals surface area (Å²) in [7, 11) is 0. The van der Waals surface area contributed by atoms with E-state index in [0.717, 1.165) is 43.2 Å². The van der Waals surface area contributed by atoms with E-state index in [1.165, 1.54) is 12.1 Å². The molecule has 2 aromatic rings. The third kappa shape index (κ3) is 4.13. The van der Waals surface area contributed by atoms with Gasteiger partial charge in [-0.2, -0.15) is 0 Å². The lowest BCUT2D eigenvalue weighted by Crippen LogP contribution is -2.35. The lowest BCUT2D eigenvalue weighted by atomic mass is 10.2. The molecule has 3 rings (SSSR count). The Morgan fingerprint density at radius 2 is 1.75 bits per heavy atom. The Labute approximate surface area is 146 Å². The summed E-state index contributed by atoms with van der Waals surface area (Å²) >= 11 is 6.23. The summed E-state index contributed by atoms with van der Waals surface area (Å²) in [5, 5.41) is 0.779. The second kappa shape index (κ2) is 7.77. The van der Waals surface area contributed by atoms with Crippen molar-refractivity contribution in [2.24, 2.45) is 0 Å². The van der Waals surface area contributed by atoms with Crippen molar-refractivity contribution in [1.29, 1.82) is 0 Å². The summed E-state index contributed by atoms with van der Waals surface area (Å²) < 4.78 is 13.0. The van der Waals surface area contributed by atoms with Crippen molar-refractivity contribution in [3.8, 4) is 0 Å². The fourth-order valence-corrected chi connectivity index (χ4v) is 3.17. The van der Waals surface area contributed by atoms with Crippen LogP contribution in [0.25, 0.3) is 0 Å². The standard InChI is InChI=1S/C19H20ClFN2O/c20-18-5-2-1-4-16(18)14-22-10-3-11-23(13-12-22)19(24)15-6-8-17(21)9-7-15/h1-2,4-9H,3,10-14H2. The molecule has 126 valence electrons. The zero-order valence-electron chi connectivity index (χ0n) is 13.4. The molecular weight excluding hydrogens is 327 g/mol. The molecule has 2 aromatic carbocycles. The van der Waals surface area contributed by atoms with E-state index in [4.69, 9.17) is 11.6 Å². The zero-order chi connectivity index (χ0) is 16.9. The minimum atomic E-state index is -0.326. The number of nitrogens with zero attached hydrogens (tertiary/aromatic N) is 2. The molecule has 0 unspecified atom stereocenters. The summed E-state index contributed by atoms with van der Waals surface area (Å²) in [4.78, 5) is 16.7. The maximum Gasteiger partial charge on any atom is 0.253 e. The smallest absolute Gasteiger partial charge is 0.253 e. The van der Waals surface area contributed by atoms with Crippen molar-refractivity contribution in [3.63, 3.8) is 0 Å². The van der Waals surface area contributed by atoms with Crippen LogP contribution in [-0.2, 0) is 6.54 Å². The Bertz CT molecular complexity index is 705. The first-order valence-electron chi connectivity index (χ1n) is 8.14. The van der Waals surface area contributed by atoms with E-state index in [1.54, 1.807) is 12.1 Å². The molecule has 0 N–H and O–H groups in total. The molecule has 1 saturated heterocycles. The average Bonchev–Trinajstić information content (AvgIpc) is 2.83. The van der Waals surface area contributed by atoms with Crippen LogP contribution in [-0.4, -0.2) is 41.9 Å². The van der Waals surface area contributed by atoms with Crippen LogP contribution in [0.3, 0.4) is 0 Å². The van der Waals surface area contributed by atoms with Crippen LogP contribution < -0.4 is 0 Å². The highest BCUT2D eigenvalue weighted by molar-refractivity contribution is 6.31. The molecule has 1 fully saturated rings. The Hall–Kier alpha value is -1.91. The highest BCUT2D eigenvalue weighted by Gasteiger charge is 2.20. The van der Waals surface area contributed by atoms with Gasteiger partial charge >= 0.3 is 0 Å². The number of carbonyl (C=O) groups excluding carboxylic acids is 1. The van der Waals surface area contributed by atoms with E-state index in [0.29, 0.717) is 12.1 Å². The van der Waals surface area contributed by atoms with Crippen molar-refractivity contribution < 1.29 is 9.18 Å². The molecule has 0 saturated carbocycles. The number of hydrogen-bond acceptors (Lipinski definition) is 2.